The summed E-state index contributed by atoms with van der Waals surface area (Å²) in [4.78, 5) is 26.2. The van der Waals surface area contributed by atoms with E-state index in [9.17, 15) is 0 Å². The maximum absolute atomic E-state index is 5.46. The van der Waals surface area contributed by atoms with E-state index in [4.69, 9.17) is 24.9 Å². The summed E-state index contributed by atoms with van der Waals surface area (Å²) in [6.45, 7) is 0. The molecule has 11 aromatic carbocycles. The third-order valence-electron chi connectivity index (χ3n) is 17.6. The van der Waals surface area contributed by atoms with Gasteiger partial charge in [0.15, 0.2) is 23.3 Å². The third kappa shape index (κ3) is 6.82. The van der Waals surface area contributed by atoms with Crippen LogP contribution < -0.4 is 0 Å². The molecule has 376 valence electrons. The van der Waals surface area contributed by atoms with Crippen molar-refractivity contribution < 1.29 is 0 Å². The maximum Gasteiger partial charge on any atom is 0.164 e. The van der Waals surface area contributed by atoms with Crippen LogP contribution in [0.1, 0.15) is 67.5 Å². The van der Waals surface area contributed by atoms with E-state index in [2.05, 4.69) is 237 Å². The third-order valence-corrected chi connectivity index (χ3v) is 17.6. The van der Waals surface area contributed by atoms with Crippen molar-refractivity contribution in [2.24, 2.45) is 0 Å². The minimum atomic E-state index is -0.449. The van der Waals surface area contributed by atoms with Crippen molar-refractivity contribution in [1.29, 1.82) is 0 Å². The number of rotatable bonds is 7. The highest BCUT2D eigenvalue weighted by Gasteiger charge is 2.51. The summed E-state index contributed by atoms with van der Waals surface area (Å²) in [7, 11) is 0. The molecule has 0 radical (unpaired) electrons. The average molecular weight is 1030 g/mol. The fourth-order valence-electron chi connectivity index (χ4n) is 14.1. The zero-order valence-electron chi connectivity index (χ0n) is 43.9. The normalized spacial score (nSPS) is 15.0. The van der Waals surface area contributed by atoms with E-state index in [-0.39, 0.29) is 11.8 Å². The molecule has 18 rings (SSSR count). The molecule has 1 spiro atoms. The molecule has 2 heterocycles. The van der Waals surface area contributed by atoms with E-state index in [1.54, 1.807) is 0 Å². The van der Waals surface area contributed by atoms with Gasteiger partial charge in [0.25, 0.3) is 0 Å². The Balaban J connectivity index is 0.795. The van der Waals surface area contributed by atoms with Gasteiger partial charge in [0.2, 0.25) is 0 Å². The van der Waals surface area contributed by atoms with Gasteiger partial charge in [-0.3, -0.25) is 0 Å². The van der Waals surface area contributed by atoms with Crippen LogP contribution in [0, 0.1) is 0 Å². The summed E-state index contributed by atoms with van der Waals surface area (Å²) in [6.07, 6.45) is 0. The van der Waals surface area contributed by atoms with Gasteiger partial charge >= 0.3 is 0 Å². The van der Waals surface area contributed by atoms with Crippen molar-refractivity contribution in [3.63, 3.8) is 0 Å². The van der Waals surface area contributed by atoms with Gasteiger partial charge in [0.1, 0.15) is 0 Å². The van der Waals surface area contributed by atoms with Gasteiger partial charge in [-0.1, -0.05) is 249 Å². The van der Waals surface area contributed by atoms with Gasteiger partial charge in [0.05, 0.1) is 16.8 Å². The Morgan fingerprint density at radius 2 is 0.580 bits per heavy atom. The fourth-order valence-corrected chi connectivity index (χ4v) is 14.1. The van der Waals surface area contributed by atoms with E-state index in [1.807, 2.05) is 36.4 Å². The van der Waals surface area contributed by atoms with Crippen LogP contribution in [0.5, 0.6) is 0 Å². The summed E-state index contributed by atoms with van der Waals surface area (Å²) >= 11 is 0. The zero-order valence-corrected chi connectivity index (χ0v) is 43.9. The lowest BCUT2D eigenvalue weighted by atomic mass is 9.60. The molecular weight excluding hydrogens is 983 g/mol. The average Bonchev–Trinajstić information content (AvgIpc) is 2.79. The molecule has 0 amide bonds. The first-order valence-electron chi connectivity index (χ1n) is 27.9. The first-order chi connectivity index (χ1) is 40.2. The lowest BCUT2D eigenvalue weighted by Crippen LogP contribution is -2.27. The molecule has 0 saturated carbocycles. The van der Waals surface area contributed by atoms with E-state index in [1.165, 1.54) is 77.9 Å². The van der Waals surface area contributed by atoms with Gasteiger partial charge in [-0.15, -0.1) is 0 Å². The van der Waals surface area contributed by atoms with Crippen LogP contribution in [-0.2, 0) is 5.41 Å². The van der Waals surface area contributed by atoms with Crippen LogP contribution in [0.3, 0.4) is 0 Å². The van der Waals surface area contributed by atoms with Crippen molar-refractivity contribution in [2.75, 3.05) is 0 Å². The molecule has 81 heavy (non-hydrogen) atoms. The number of aromatic nitrogens is 5. The molecule has 0 fully saturated rings. The molecule has 5 aliphatic rings. The summed E-state index contributed by atoms with van der Waals surface area (Å²) in [5.41, 5.74) is 27.9. The molecule has 2 atom stereocenters. The molecular formula is C76H47N5. The molecule has 0 aliphatic heterocycles. The Morgan fingerprint density at radius 1 is 0.210 bits per heavy atom. The minimum Gasteiger partial charge on any atom is -0.228 e. The minimum absolute atomic E-state index is 0.0204. The van der Waals surface area contributed by atoms with Crippen LogP contribution in [0.25, 0.3) is 101 Å². The first kappa shape index (κ1) is 45.5. The quantitative estimate of drug-likeness (QED) is 0.159. The number of benzene rings is 11. The summed E-state index contributed by atoms with van der Waals surface area (Å²) in [5, 5.41) is 0. The predicted molar refractivity (Wildman–Crippen MR) is 325 cm³/mol. The molecule has 2 aromatic heterocycles. The molecule has 2 bridgehead atoms. The topological polar surface area (TPSA) is 64.5 Å². The molecule has 0 N–H and O–H groups in total. The van der Waals surface area contributed by atoms with Crippen molar-refractivity contribution in [3.8, 4) is 101 Å². The Hall–Kier alpha value is -10.5. The molecule has 5 heteroatoms. The van der Waals surface area contributed by atoms with Crippen LogP contribution in [0.15, 0.2) is 273 Å². The predicted octanol–water partition coefficient (Wildman–Crippen LogP) is 17.7. The largest absolute Gasteiger partial charge is 0.228 e. The standard InChI is InChI=1S/C76H47N5/c1-4-20-46(21-5-1)72-77-68(45-69(78-72)57-30-11-10-26-52(57)49-36-39-56-55-29-16-19-35-66(55)76(67(56)44-49)64-33-17-14-27-53(64)54-28-15-18-34-65(54)76)50-37-40-60-62(42-50)70-58-31-12-13-32-59(58)71(60)63-43-51(38-41-61(63)70)75-80-73(47-22-6-2-7-23-47)79-74(81-75)48-24-8-3-9-25-48/h1-45,70-71H. The smallest absolute Gasteiger partial charge is 0.164 e. The van der Waals surface area contributed by atoms with Crippen molar-refractivity contribution in [2.45, 2.75) is 17.3 Å². The van der Waals surface area contributed by atoms with Crippen LogP contribution in [0.2, 0.25) is 0 Å². The lowest BCUT2D eigenvalue weighted by molar-refractivity contribution is 0.754. The monoisotopic (exact) mass is 1030 g/mol. The van der Waals surface area contributed by atoms with Gasteiger partial charge < -0.3 is 0 Å². The maximum atomic E-state index is 5.46. The van der Waals surface area contributed by atoms with E-state index in [0.29, 0.717) is 23.3 Å². The van der Waals surface area contributed by atoms with Crippen molar-refractivity contribution in [3.05, 3.63) is 329 Å². The second-order valence-corrected chi connectivity index (χ2v) is 21.7. The van der Waals surface area contributed by atoms with E-state index < -0.39 is 5.41 Å². The summed E-state index contributed by atoms with van der Waals surface area (Å²) < 4.78 is 0. The Labute approximate surface area is 469 Å². The lowest BCUT2D eigenvalue weighted by Gasteiger charge is -2.42. The van der Waals surface area contributed by atoms with Gasteiger partial charge in [0, 0.05) is 45.2 Å². The molecule has 5 nitrogen and oxygen atoms in total. The van der Waals surface area contributed by atoms with Crippen LogP contribution in [-0.4, -0.2) is 24.9 Å². The van der Waals surface area contributed by atoms with Crippen molar-refractivity contribution >= 4 is 0 Å². The van der Waals surface area contributed by atoms with E-state index in [0.717, 1.165) is 55.9 Å². The molecule has 0 saturated heterocycles. The summed E-state index contributed by atoms with van der Waals surface area (Å²) in [6, 6.07) is 98.9. The van der Waals surface area contributed by atoms with Crippen molar-refractivity contribution in [1.82, 2.24) is 24.9 Å². The molecule has 13 aromatic rings. The SMILES string of the molecule is c1ccc(-c2nc(-c3ccc4c(c3)C3c5ccccc5C4c4cc(-c5nc(-c6ccccc6)nc(-c6ccccc6)n5)ccc43)cc(-c3ccccc3-c3ccc4c(c3)C3(c5ccccc5-c5ccccc53)c3ccccc3-4)n2)cc1. The van der Waals surface area contributed by atoms with E-state index >= 15 is 0 Å². The highest BCUT2D eigenvalue weighted by Crippen LogP contribution is 2.63. The number of fused-ring (bicyclic) bond motifs is 10. The molecule has 5 aliphatic carbocycles. The first-order valence-corrected chi connectivity index (χ1v) is 27.9. The zero-order chi connectivity index (χ0) is 53.2. The highest BCUT2D eigenvalue weighted by molar-refractivity contribution is 5.97. The van der Waals surface area contributed by atoms with Crippen LogP contribution in [0.4, 0.5) is 0 Å². The number of nitrogens with zero attached hydrogens (tertiary/aromatic N) is 5. The highest BCUT2D eigenvalue weighted by atomic mass is 15.0. The number of hydrogen-bond acceptors (Lipinski definition) is 5. The Bertz CT molecular complexity index is 4600. The van der Waals surface area contributed by atoms with Crippen LogP contribution >= 0.6 is 0 Å². The van der Waals surface area contributed by atoms with Gasteiger partial charge in [-0.05, 0) is 113 Å². The Morgan fingerprint density at radius 3 is 1.11 bits per heavy atom. The second kappa shape index (κ2) is 17.8. The summed E-state index contributed by atoms with van der Waals surface area (Å²) in [5.74, 6) is 2.69. The van der Waals surface area contributed by atoms with Gasteiger partial charge in [-0.2, -0.15) is 0 Å². The van der Waals surface area contributed by atoms with Gasteiger partial charge in [-0.25, -0.2) is 24.9 Å². The Kier molecular flexibility index (Phi) is 9.98. The number of hydrogen-bond donors (Lipinski definition) is 0. The fraction of sp³-hybridized carbons (Fsp3) is 0.0395. The molecule has 2 unspecified atom stereocenters. The second-order valence-electron chi connectivity index (χ2n) is 21.7.